The number of unbranched alkanes of at least 4 members (excludes halogenated alkanes) is 1. The lowest BCUT2D eigenvalue weighted by atomic mass is 10.1. The molecule has 0 aliphatic carbocycles. The van der Waals surface area contributed by atoms with Crippen LogP contribution in [0.4, 0.5) is 4.39 Å². The number of benzene rings is 1. The molecule has 0 aliphatic rings. The highest BCUT2D eigenvalue weighted by Crippen LogP contribution is 2.29. The van der Waals surface area contributed by atoms with Gasteiger partial charge in [-0.3, -0.25) is 9.48 Å². The Morgan fingerprint density at radius 2 is 2.26 bits per heavy atom. The predicted octanol–water partition coefficient (Wildman–Crippen LogP) is 3.96. The second kappa shape index (κ2) is 5.97. The lowest BCUT2D eigenvalue weighted by molar-refractivity contribution is 0.112. The van der Waals surface area contributed by atoms with Gasteiger partial charge in [-0.05, 0) is 24.6 Å². The van der Waals surface area contributed by atoms with Crippen LogP contribution >= 0.6 is 11.6 Å². The molecule has 1 aromatic heterocycles. The molecule has 0 saturated heterocycles. The molecule has 0 atom stereocenters. The van der Waals surface area contributed by atoms with Gasteiger partial charge in [0.25, 0.3) is 0 Å². The first-order valence-corrected chi connectivity index (χ1v) is 6.51. The van der Waals surface area contributed by atoms with E-state index in [1.165, 1.54) is 18.2 Å². The first-order chi connectivity index (χ1) is 9.15. The maximum atomic E-state index is 13.0. The number of rotatable bonds is 5. The summed E-state index contributed by atoms with van der Waals surface area (Å²) < 4.78 is 14.8. The molecular weight excluding hydrogens is 267 g/mol. The van der Waals surface area contributed by atoms with E-state index in [2.05, 4.69) is 12.0 Å². The quantitative estimate of drug-likeness (QED) is 0.777. The average molecular weight is 281 g/mol. The second-order valence-corrected chi connectivity index (χ2v) is 4.70. The van der Waals surface area contributed by atoms with Crippen LogP contribution in [0.3, 0.4) is 0 Å². The number of nitrogens with zero attached hydrogens (tertiary/aromatic N) is 2. The van der Waals surface area contributed by atoms with Crippen molar-refractivity contribution in [3.05, 3.63) is 40.8 Å². The van der Waals surface area contributed by atoms with E-state index in [1.807, 2.05) is 0 Å². The van der Waals surface area contributed by atoms with Crippen molar-refractivity contribution < 1.29 is 9.18 Å². The number of hydrogen-bond acceptors (Lipinski definition) is 2. The van der Waals surface area contributed by atoms with Crippen molar-refractivity contribution in [1.82, 2.24) is 9.78 Å². The number of carbonyl (C=O) groups is 1. The van der Waals surface area contributed by atoms with E-state index in [0.717, 1.165) is 25.7 Å². The third-order valence-corrected chi connectivity index (χ3v) is 3.16. The summed E-state index contributed by atoms with van der Waals surface area (Å²) in [7, 11) is 0. The highest BCUT2D eigenvalue weighted by atomic mass is 35.5. The highest BCUT2D eigenvalue weighted by molar-refractivity contribution is 6.33. The van der Waals surface area contributed by atoms with Crippen LogP contribution in [0.2, 0.25) is 5.02 Å². The monoisotopic (exact) mass is 280 g/mol. The van der Waals surface area contributed by atoms with Crippen molar-refractivity contribution in [2.75, 3.05) is 0 Å². The number of carbonyl (C=O) groups excluding carboxylic acids is 1. The molecule has 0 spiro atoms. The summed E-state index contributed by atoms with van der Waals surface area (Å²) in [5.74, 6) is -0.410. The summed E-state index contributed by atoms with van der Waals surface area (Å²) in [6.07, 6.45) is 4.46. The molecule has 0 fully saturated rings. The summed E-state index contributed by atoms with van der Waals surface area (Å²) >= 11 is 6.00. The number of aryl methyl sites for hydroxylation is 1. The number of aromatic nitrogens is 2. The molecule has 2 aromatic rings. The Morgan fingerprint density at radius 3 is 2.89 bits per heavy atom. The van der Waals surface area contributed by atoms with Gasteiger partial charge >= 0.3 is 0 Å². The number of hydrogen-bond donors (Lipinski definition) is 0. The SMILES string of the molecule is CCCCn1cc(C=O)c(-c2ccc(F)cc2Cl)n1. The summed E-state index contributed by atoms with van der Waals surface area (Å²) in [6.45, 7) is 2.83. The maximum absolute atomic E-state index is 13.0. The van der Waals surface area contributed by atoms with Gasteiger partial charge in [-0.15, -0.1) is 0 Å². The topological polar surface area (TPSA) is 34.9 Å². The third kappa shape index (κ3) is 3.01. The molecule has 19 heavy (non-hydrogen) atoms. The molecular formula is C14H14ClFN2O. The Morgan fingerprint density at radius 1 is 1.47 bits per heavy atom. The molecule has 0 radical (unpaired) electrons. The minimum absolute atomic E-state index is 0.254. The fraction of sp³-hybridized carbons (Fsp3) is 0.286. The lowest BCUT2D eigenvalue weighted by Crippen LogP contribution is -1.98. The molecule has 3 nitrogen and oxygen atoms in total. The maximum Gasteiger partial charge on any atom is 0.153 e. The molecule has 5 heteroatoms. The average Bonchev–Trinajstić information content (AvgIpc) is 2.79. The zero-order valence-electron chi connectivity index (χ0n) is 10.6. The molecule has 0 unspecified atom stereocenters. The lowest BCUT2D eigenvalue weighted by Gasteiger charge is -2.02. The summed E-state index contributed by atoms with van der Waals surface area (Å²) in [5, 5.41) is 4.61. The molecule has 0 bridgehead atoms. The van der Waals surface area contributed by atoms with E-state index in [-0.39, 0.29) is 5.02 Å². The van der Waals surface area contributed by atoms with Crippen LogP contribution in [0, 0.1) is 5.82 Å². The van der Waals surface area contributed by atoms with Gasteiger partial charge in [0.2, 0.25) is 0 Å². The third-order valence-electron chi connectivity index (χ3n) is 2.84. The molecule has 0 amide bonds. The molecule has 0 aliphatic heterocycles. The molecule has 100 valence electrons. The van der Waals surface area contributed by atoms with Crippen LogP contribution in [0.1, 0.15) is 30.1 Å². The minimum atomic E-state index is -0.410. The first-order valence-electron chi connectivity index (χ1n) is 6.13. The molecule has 0 saturated carbocycles. The van der Waals surface area contributed by atoms with Crippen LogP contribution < -0.4 is 0 Å². The Kier molecular flexibility index (Phi) is 4.32. The smallest absolute Gasteiger partial charge is 0.153 e. The Bertz CT molecular complexity index is 595. The highest BCUT2D eigenvalue weighted by Gasteiger charge is 2.14. The van der Waals surface area contributed by atoms with Gasteiger partial charge in [-0.1, -0.05) is 24.9 Å². The normalized spacial score (nSPS) is 10.7. The van der Waals surface area contributed by atoms with Crippen molar-refractivity contribution in [2.45, 2.75) is 26.3 Å². The number of aldehydes is 1. The summed E-state index contributed by atoms with van der Waals surface area (Å²) in [6, 6.07) is 4.06. The first kappa shape index (κ1) is 13.7. The van der Waals surface area contributed by atoms with Gasteiger partial charge < -0.3 is 0 Å². The second-order valence-electron chi connectivity index (χ2n) is 4.29. The Labute approximate surface area is 116 Å². The summed E-state index contributed by atoms with van der Waals surface area (Å²) in [5.41, 5.74) is 1.53. The molecule has 0 N–H and O–H groups in total. The minimum Gasteiger partial charge on any atom is -0.298 e. The fourth-order valence-corrected chi connectivity index (χ4v) is 2.11. The van der Waals surface area contributed by atoms with E-state index in [1.54, 1.807) is 10.9 Å². The summed E-state index contributed by atoms with van der Waals surface area (Å²) in [4.78, 5) is 11.1. The van der Waals surface area contributed by atoms with Gasteiger partial charge in [-0.25, -0.2) is 4.39 Å². The van der Waals surface area contributed by atoms with Crippen LogP contribution in [0.25, 0.3) is 11.3 Å². The molecule has 1 aromatic carbocycles. The van der Waals surface area contributed by atoms with Crippen molar-refractivity contribution in [3.63, 3.8) is 0 Å². The largest absolute Gasteiger partial charge is 0.298 e. The van der Waals surface area contributed by atoms with Crippen molar-refractivity contribution >= 4 is 17.9 Å². The molecule has 2 rings (SSSR count). The van der Waals surface area contributed by atoms with E-state index in [4.69, 9.17) is 11.6 Å². The van der Waals surface area contributed by atoms with Gasteiger partial charge in [-0.2, -0.15) is 5.10 Å². The zero-order chi connectivity index (χ0) is 13.8. The standard InChI is InChI=1S/C14H14ClFN2O/c1-2-3-6-18-8-10(9-19)14(17-18)12-5-4-11(16)7-13(12)15/h4-5,7-9H,2-3,6H2,1H3. The fourth-order valence-electron chi connectivity index (χ4n) is 1.85. The van der Waals surface area contributed by atoms with E-state index in [9.17, 15) is 9.18 Å². The van der Waals surface area contributed by atoms with E-state index >= 15 is 0 Å². The van der Waals surface area contributed by atoms with Crippen LogP contribution in [-0.4, -0.2) is 16.1 Å². The number of halogens is 2. The van der Waals surface area contributed by atoms with E-state index in [0.29, 0.717) is 16.8 Å². The van der Waals surface area contributed by atoms with Gasteiger partial charge in [0.15, 0.2) is 6.29 Å². The van der Waals surface area contributed by atoms with Gasteiger partial charge in [0.05, 0.1) is 10.6 Å². The van der Waals surface area contributed by atoms with Crippen molar-refractivity contribution in [2.24, 2.45) is 0 Å². The zero-order valence-corrected chi connectivity index (χ0v) is 11.3. The van der Waals surface area contributed by atoms with Gasteiger partial charge in [0.1, 0.15) is 11.5 Å². The molecule has 1 heterocycles. The van der Waals surface area contributed by atoms with E-state index < -0.39 is 5.82 Å². The van der Waals surface area contributed by atoms with Crippen molar-refractivity contribution in [1.29, 1.82) is 0 Å². The Hall–Kier alpha value is -1.68. The Balaban J connectivity index is 2.42. The van der Waals surface area contributed by atoms with Crippen LogP contribution in [-0.2, 0) is 6.54 Å². The van der Waals surface area contributed by atoms with Crippen molar-refractivity contribution in [3.8, 4) is 11.3 Å². The van der Waals surface area contributed by atoms with Gasteiger partial charge in [0, 0.05) is 18.3 Å². The van der Waals surface area contributed by atoms with Crippen LogP contribution in [0.5, 0.6) is 0 Å². The predicted molar refractivity (Wildman–Crippen MR) is 72.9 cm³/mol. The van der Waals surface area contributed by atoms with Crippen LogP contribution in [0.15, 0.2) is 24.4 Å².